The molecule has 0 aliphatic carbocycles. The van der Waals surface area contributed by atoms with Crippen LogP contribution in [0.3, 0.4) is 0 Å². The summed E-state index contributed by atoms with van der Waals surface area (Å²) >= 11 is 5.02. The second-order valence-corrected chi connectivity index (χ2v) is 5.87. The maximum atomic E-state index is 5.52. The summed E-state index contributed by atoms with van der Waals surface area (Å²) in [6.45, 7) is 0.582. The van der Waals surface area contributed by atoms with Crippen molar-refractivity contribution in [2.75, 3.05) is 6.54 Å². The highest BCUT2D eigenvalue weighted by atomic mass is 79.9. The first-order valence-corrected chi connectivity index (χ1v) is 7.68. The van der Waals surface area contributed by atoms with Crippen molar-refractivity contribution in [2.45, 2.75) is 6.42 Å². The van der Waals surface area contributed by atoms with Gasteiger partial charge in [0.15, 0.2) is 0 Å². The lowest BCUT2D eigenvalue weighted by atomic mass is 10.2. The first-order valence-electron chi connectivity index (χ1n) is 6.01. The van der Waals surface area contributed by atoms with Crippen molar-refractivity contribution in [2.24, 2.45) is 5.73 Å². The van der Waals surface area contributed by atoms with E-state index in [1.54, 1.807) is 11.3 Å². The lowest BCUT2D eigenvalue weighted by Crippen LogP contribution is -2.01. The van der Waals surface area contributed by atoms with E-state index >= 15 is 0 Å². The van der Waals surface area contributed by atoms with E-state index in [2.05, 4.69) is 31.1 Å². The summed E-state index contributed by atoms with van der Waals surface area (Å²) < 4.78 is 6.21. The zero-order valence-electron chi connectivity index (χ0n) is 10.4. The van der Waals surface area contributed by atoms with Gasteiger partial charge >= 0.3 is 0 Å². The van der Waals surface area contributed by atoms with Crippen LogP contribution in [0.1, 0.15) is 5.01 Å². The largest absolute Gasteiger partial charge is 0.332 e. The number of benzene rings is 1. The van der Waals surface area contributed by atoms with Gasteiger partial charge < -0.3 is 10.3 Å². The molecule has 0 aliphatic rings. The van der Waals surface area contributed by atoms with Crippen molar-refractivity contribution in [1.29, 1.82) is 0 Å². The van der Waals surface area contributed by atoms with Crippen LogP contribution in [-0.2, 0) is 6.42 Å². The Labute approximate surface area is 128 Å². The third-order valence-corrected chi connectivity index (χ3v) is 4.27. The number of nitrogens with zero attached hydrogens (tertiary/aromatic N) is 3. The van der Waals surface area contributed by atoms with E-state index in [1.165, 1.54) is 0 Å². The van der Waals surface area contributed by atoms with Gasteiger partial charge in [0.2, 0.25) is 5.82 Å². The van der Waals surface area contributed by atoms with Crippen LogP contribution in [0.4, 0.5) is 0 Å². The van der Waals surface area contributed by atoms with Gasteiger partial charge in [-0.25, -0.2) is 4.98 Å². The molecule has 3 rings (SSSR count). The first-order chi connectivity index (χ1) is 9.78. The summed E-state index contributed by atoms with van der Waals surface area (Å²) in [6.07, 6.45) is 0.760. The predicted molar refractivity (Wildman–Crippen MR) is 81.3 cm³/mol. The van der Waals surface area contributed by atoms with Gasteiger partial charge in [0.25, 0.3) is 5.89 Å². The van der Waals surface area contributed by atoms with Crippen molar-refractivity contribution < 1.29 is 4.52 Å². The number of hydrogen-bond donors (Lipinski definition) is 1. The molecule has 3 aromatic rings. The molecule has 0 saturated carbocycles. The number of nitrogens with two attached hydrogens (primary N) is 1. The minimum absolute atomic E-state index is 0.426. The molecule has 0 bridgehead atoms. The van der Waals surface area contributed by atoms with E-state index in [-0.39, 0.29) is 0 Å². The topological polar surface area (TPSA) is 77.8 Å². The fraction of sp³-hybridized carbons (Fsp3) is 0.154. The van der Waals surface area contributed by atoms with E-state index in [1.807, 2.05) is 29.6 Å². The zero-order valence-corrected chi connectivity index (χ0v) is 12.8. The van der Waals surface area contributed by atoms with Gasteiger partial charge in [0.1, 0.15) is 5.69 Å². The van der Waals surface area contributed by atoms with Crippen LogP contribution in [0.2, 0.25) is 0 Å². The standard InChI is InChI=1S/C13H11BrN4OS/c14-9-4-2-1-3-8(9)12-17-13(19-18-12)10-7-20-11(16-10)5-6-15/h1-4,7H,5-6,15H2. The van der Waals surface area contributed by atoms with E-state index in [0.29, 0.717) is 24.0 Å². The highest BCUT2D eigenvalue weighted by Crippen LogP contribution is 2.28. The monoisotopic (exact) mass is 350 g/mol. The van der Waals surface area contributed by atoms with Gasteiger partial charge in [-0.3, -0.25) is 0 Å². The number of hydrogen-bond acceptors (Lipinski definition) is 6. The average Bonchev–Trinajstić information content (AvgIpc) is 3.08. The molecule has 2 aromatic heterocycles. The summed E-state index contributed by atoms with van der Waals surface area (Å²) in [5.41, 5.74) is 7.10. The van der Waals surface area contributed by atoms with Crippen LogP contribution in [0.25, 0.3) is 23.0 Å². The first kappa shape index (κ1) is 13.4. The Bertz CT molecular complexity index is 724. The Kier molecular flexibility index (Phi) is 3.90. The number of halogens is 1. The third-order valence-electron chi connectivity index (χ3n) is 2.67. The van der Waals surface area contributed by atoms with Crippen LogP contribution in [0.15, 0.2) is 38.6 Å². The third kappa shape index (κ3) is 2.65. The normalized spacial score (nSPS) is 10.9. The number of rotatable bonds is 4. The lowest BCUT2D eigenvalue weighted by molar-refractivity contribution is 0.431. The van der Waals surface area contributed by atoms with Crippen LogP contribution < -0.4 is 5.73 Å². The van der Waals surface area contributed by atoms with Crippen molar-refractivity contribution in [3.05, 3.63) is 39.1 Å². The van der Waals surface area contributed by atoms with Gasteiger partial charge in [-0.2, -0.15) is 4.98 Å². The molecule has 2 heterocycles. The fourth-order valence-electron chi connectivity index (χ4n) is 1.73. The van der Waals surface area contributed by atoms with Gasteiger partial charge in [0, 0.05) is 21.8 Å². The summed E-state index contributed by atoms with van der Waals surface area (Å²) in [5, 5.41) is 6.88. The molecule has 0 saturated heterocycles. The predicted octanol–water partition coefficient (Wildman–Crippen LogP) is 3.12. The smallest absolute Gasteiger partial charge is 0.277 e. The molecule has 5 nitrogen and oxygen atoms in total. The molecule has 0 atom stereocenters. The molecular weight excluding hydrogens is 340 g/mol. The summed E-state index contributed by atoms with van der Waals surface area (Å²) in [6, 6.07) is 7.74. The van der Waals surface area contributed by atoms with Crippen LogP contribution in [0, 0.1) is 0 Å². The van der Waals surface area contributed by atoms with E-state index < -0.39 is 0 Å². The SMILES string of the molecule is NCCc1nc(-c2nc(-c3ccccc3Br)no2)cs1. The molecule has 7 heteroatoms. The maximum absolute atomic E-state index is 5.52. The Balaban J connectivity index is 1.91. The summed E-state index contributed by atoms with van der Waals surface area (Å²) in [5.74, 6) is 0.969. The fourth-order valence-corrected chi connectivity index (χ4v) is 2.98. The van der Waals surface area contributed by atoms with Crippen LogP contribution in [-0.4, -0.2) is 21.7 Å². The molecule has 0 radical (unpaired) electrons. The summed E-state index contributed by atoms with van der Waals surface area (Å²) in [4.78, 5) is 8.82. The summed E-state index contributed by atoms with van der Waals surface area (Å²) in [7, 11) is 0. The second kappa shape index (κ2) is 5.82. The second-order valence-electron chi connectivity index (χ2n) is 4.07. The lowest BCUT2D eigenvalue weighted by Gasteiger charge is -1.96. The molecule has 0 aliphatic heterocycles. The molecule has 2 N–H and O–H groups in total. The van der Waals surface area contributed by atoms with Gasteiger partial charge in [-0.15, -0.1) is 11.3 Å². The quantitative estimate of drug-likeness (QED) is 0.781. The Hall–Kier alpha value is -1.57. The highest BCUT2D eigenvalue weighted by Gasteiger charge is 2.14. The molecule has 0 fully saturated rings. The Morgan fingerprint density at radius 2 is 2.10 bits per heavy atom. The van der Waals surface area contributed by atoms with Gasteiger partial charge in [0.05, 0.1) is 5.01 Å². The van der Waals surface area contributed by atoms with Gasteiger partial charge in [-0.05, 0) is 18.7 Å². The maximum Gasteiger partial charge on any atom is 0.277 e. The molecule has 0 amide bonds. The Morgan fingerprint density at radius 1 is 1.25 bits per heavy atom. The van der Waals surface area contributed by atoms with Gasteiger partial charge in [-0.1, -0.05) is 33.2 Å². The molecule has 0 spiro atoms. The van der Waals surface area contributed by atoms with Crippen LogP contribution in [0.5, 0.6) is 0 Å². The molecule has 0 unspecified atom stereocenters. The van der Waals surface area contributed by atoms with Crippen molar-refractivity contribution in [3.63, 3.8) is 0 Å². The van der Waals surface area contributed by atoms with E-state index in [4.69, 9.17) is 10.3 Å². The van der Waals surface area contributed by atoms with E-state index in [9.17, 15) is 0 Å². The minimum Gasteiger partial charge on any atom is -0.332 e. The van der Waals surface area contributed by atoms with Crippen molar-refractivity contribution >= 4 is 27.3 Å². The van der Waals surface area contributed by atoms with E-state index in [0.717, 1.165) is 21.5 Å². The van der Waals surface area contributed by atoms with Crippen molar-refractivity contribution in [1.82, 2.24) is 15.1 Å². The molecule has 102 valence electrons. The van der Waals surface area contributed by atoms with Crippen molar-refractivity contribution in [3.8, 4) is 23.0 Å². The number of aromatic nitrogens is 3. The minimum atomic E-state index is 0.426. The van der Waals surface area contributed by atoms with Crippen LogP contribution >= 0.6 is 27.3 Å². The molecular formula is C13H11BrN4OS. The molecule has 20 heavy (non-hydrogen) atoms. The molecule has 1 aromatic carbocycles. The highest BCUT2D eigenvalue weighted by molar-refractivity contribution is 9.10. The Morgan fingerprint density at radius 3 is 2.90 bits per heavy atom. The zero-order chi connectivity index (χ0) is 13.9. The number of thiazole rings is 1. The average molecular weight is 351 g/mol.